The van der Waals surface area contributed by atoms with Crippen molar-refractivity contribution in [1.82, 2.24) is 0 Å². The Morgan fingerprint density at radius 2 is 1.58 bits per heavy atom. The third-order valence-corrected chi connectivity index (χ3v) is 7.33. The second-order valence-corrected chi connectivity index (χ2v) is 11.7. The van der Waals surface area contributed by atoms with E-state index in [2.05, 4.69) is 33.0 Å². The summed E-state index contributed by atoms with van der Waals surface area (Å²) in [4.78, 5) is 36.0. The van der Waals surface area contributed by atoms with Gasteiger partial charge in [0.25, 0.3) is 0 Å². The number of ether oxygens (including phenoxy) is 4. The Balaban J connectivity index is 2.25. The Bertz CT molecular complexity index is 1190. The molecule has 9 heteroatoms. The topological polar surface area (TPSA) is 120 Å². The summed E-state index contributed by atoms with van der Waals surface area (Å²) in [6.45, 7) is 8.67. The van der Waals surface area contributed by atoms with Crippen molar-refractivity contribution in [2.75, 3.05) is 33.3 Å². The second kappa shape index (κ2) is 17.4. The number of anilines is 1. The van der Waals surface area contributed by atoms with Gasteiger partial charge in [-0.1, -0.05) is 59.1 Å². The minimum Gasteiger partial charge on any atom is -0.496 e. The number of methoxy groups -OCH3 is 3. The molecule has 2 rings (SSSR count). The van der Waals surface area contributed by atoms with E-state index in [-0.39, 0.29) is 43.1 Å². The molecule has 0 radical (unpaired) electrons. The molecule has 0 fully saturated rings. The first-order valence-electron chi connectivity index (χ1n) is 15.0. The van der Waals surface area contributed by atoms with E-state index in [1.165, 1.54) is 0 Å². The molecule has 9 nitrogen and oxygen atoms in total. The molecule has 0 aliphatic carbocycles. The number of carbonyl (C=O) groups is 3. The maximum Gasteiger partial charge on any atom is 0.306 e. The average molecular weight is 600 g/mol. The van der Waals surface area contributed by atoms with Gasteiger partial charge in [0.05, 0.1) is 40.8 Å². The Morgan fingerprint density at radius 3 is 2.14 bits per heavy atom. The number of hydrogen-bond donors (Lipinski definition) is 2. The van der Waals surface area contributed by atoms with Crippen molar-refractivity contribution in [3.63, 3.8) is 0 Å². The summed E-state index contributed by atoms with van der Waals surface area (Å²) >= 11 is 0. The predicted molar refractivity (Wildman–Crippen MR) is 168 cm³/mol. The Morgan fingerprint density at radius 1 is 0.907 bits per heavy atom. The molecule has 238 valence electrons. The summed E-state index contributed by atoms with van der Waals surface area (Å²) in [6, 6.07) is 9.72. The van der Waals surface area contributed by atoms with Crippen LogP contribution < -0.4 is 19.5 Å². The van der Waals surface area contributed by atoms with Crippen LogP contribution >= 0.6 is 0 Å². The molecule has 0 bridgehead atoms. The molecule has 0 aliphatic rings. The second-order valence-electron chi connectivity index (χ2n) is 11.7. The highest BCUT2D eigenvalue weighted by Gasteiger charge is 2.26. The fourth-order valence-electron chi connectivity index (χ4n) is 5.10. The minimum atomic E-state index is -1.03. The van der Waals surface area contributed by atoms with Crippen molar-refractivity contribution in [2.45, 2.75) is 96.8 Å². The fourth-order valence-corrected chi connectivity index (χ4v) is 5.10. The van der Waals surface area contributed by atoms with Gasteiger partial charge in [-0.15, -0.1) is 0 Å². The Labute approximate surface area is 256 Å². The number of aliphatic carboxylic acids is 1. The summed E-state index contributed by atoms with van der Waals surface area (Å²) in [5, 5.41) is 11.9. The first kappa shape index (κ1) is 35.4. The molecule has 43 heavy (non-hydrogen) atoms. The average Bonchev–Trinajstić information content (AvgIpc) is 2.96. The van der Waals surface area contributed by atoms with Crippen LogP contribution in [0, 0.1) is 0 Å². The summed E-state index contributed by atoms with van der Waals surface area (Å²) in [5.41, 5.74) is 3.44. The molecule has 0 saturated heterocycles. The molecule has 2 N–H and O–H groups in total. The number of esters is 1. The summed E-state index contributed by atoms with van der Waals surface area (Å²) in [6.07, 6.45) is 4.99. The molecule has 0 heterocycles. The van der Waals surface area contributed by atoms with E-state index in [4.69, 9.17) is 24.1 Å². The van der Waals surface area contributed by atoms with Gasteiger partial charge in [-0.05, 0) is 47.8 Å². The van der Waals surface area contributed by atoms with E-state index in [1.54, 1.807) is 21.3 Å². The van der Waals surface area contributed by atoms with Gasteiger partial charge < -0.3 is 29.4 Å². The lowest BCUT2D eigenvalue weighted by Gasteiger charge is -2.26. The van der Waals surface area contributed by atoms with Crippen LogP contribution in [0.5, 0.6) is 17.2 Å². The van der Waals surface area contributed by atoms with Crippen molar-refractivity contribution < 1.29 is 38.4 Å². The van der Waals surface area contributed by atoms with Crippen LogP contribution in [0.2, 0.25) is 0 Å². The van der Waals surface area contributed by atoms with Crippen molar-refractivity contribution in [3.8, 4) is 17.2 Å². The number of carboxylic acids is 1. The standard InChI is InChI=1S/C34H49NO8/c1-8-9-10-13-24(33-28(41-6)21-25(40-5)22-29(33)42-7)20-30(36)35-27-19-23(14-15-26(27)34(2,3)4)12-11-18-43-32(39)17-16-31(37)38/h14-15,19,21-22,24H,8-13,16-18,20H2,1-7H3,(H,35,36)(H,37,38). The van der Waals surface area contributed by atoms with Gasteiger partial charge in [-0.25, -0.2) is 0 Å². The molecular formula is C34H49NO8. The van der Waals surface area contributed by atoms with Gasteiger partial charge in [0.15, 0.2) is 0 Å². The van der Waals surface area contributed by atoms with Crippen molar-refractivity contribution >= 4 is 23.5 Å². The van der Waals surface area contributed by atoms with E-state index in [0.717, 1.165) is 48.1 Å². The largest absolute Gasteiger partial charge is 0.496 e. The zero-order valence-corrected chi connectivity index (χ0v) is 26.8. The van der Waals surface area contributed by atoms with E-state index in [0.29, 0.717) is 30.1 Å². The first-order chi connectivity index (χ1) is 20.4. The number of carboxylic acid groups (broad SMARTS) is 1. The van der Waals surface area contributed by atoms with Crippen LogP contribution in [0.1, 0.15) is 102 Å². The van der Waals surface area contributed by atoms with Crippen LogP contribution in [-0.2, 0) is 31.0 Å². The summed E-state index contributed by atoms with van der Waals surface area (Å²) < 4.78 is 22.1. The zero-order chi connectivity index (χ0) is 32.0. The van der Waals surface area contributed by atoms with Gasteiger partial charge >= 0.3 is 11.9 Å². The first-order valence-corrected chi connectivity index (χ1v) is 15.0. The lowest BCUT2D eigenvalue weighted by molar-refractivity contribution is -0.147. The summed E-state index contributed by atoms with van der Waals surface area (Å²) in [7, 11) is 4.81. The van der Waals surface area contributed by atoms with Crippen molar-refractivity contribution in [3.05, 3.63) is 47.0 Å². The van der Waals surface area contributed by atoms with Gasteiger partial charge in [0.2, 0.25) is 5.91 Å². The number of unbranched alkanes of at least 4 members (excludes halogenated alkanes) is 2. The molecule has 0 aliphatic heterocycles. The van der Waals surface area contributed by atoms with Crippen LogP contribution in [0.15, 0.2) is 30.3 Å². The van der Waals surface area contributed by atoms with Crippen molar-refractivity contribution in [1.29, 1.82) is 0 Å². The number of carbonyl (C=O) groups excluding carboxylic acids is 2. The van der Waals surface area contributed by atoms with Crippen LogP contribution in [-0.4, -0.2) is 50.9 Å². The lowest BCUT2D eigenvalue weighted by atomic mass is 9.84. The summed E-state index contributed by atoms with van der Waals surface area (Å²) in [5.74, 6) is 0.113. The minimum absolute atomic E-state index is 0.101. The van der Waals surface area contributed by atoms with Crippen molar-refractivity contribution in [2.24, 2.45) is 0 Å². The smallest absolute Gasteiger partial charge is 0.306 e. The number of hydrogen-bond acceptors (Lipinski definition) is 7. The normalized spacial score (nSPS) is 11.9. The van der Waals surface area contributed by atoms with Gasteiger partial charge in [-0.2, -0.15) is 0 Å². The van der Waals surface area contributed by atoms with Gasteiger partial charge in [-0.3, -0.25) is 14.4 Å². The number of nitrogens with one attached hydrogen (secondary N) is 1. The maximum atomic E-state index is 13.7. The SMILES string of the molecule is CCCCCC(CC(=O)Nc1cc(CCCOC(=O)CCC(=O)O)ccc1C(C)(C)C)c1c(OC)cc(OC)cc1OC. The molecule has 1 atom stereocenters. The highest BCUT2D eigenvalue weighted by molar-refractivity contribution is 5.92. The lowest BCUT2D eigenvalue weighted by Crippen LogP contribution is -2.21. The number of benzene rings is 2. The quantitative estimate of drug-likeness (QED) is 0.138. The number of rotatable bonds is 18. The monoisotopic (exact) mass is 599 g/mol. The van der Waals surface area contributed by atoms with E-state index in [1.807, 2.05) is 30.3 Å². The molecule has 0 spiro atoms. The zero-order valence-electron chi connectivity index (χ0n) is 26.8. The number of amides is 1. The molecule has 1 unspecified atom stereocenters. The van der Waals surface area contributed by atoms with E-state index < -0.39 is 11.9 Å². The maximum absolute atomic E-state index is 13.7. The predicted octanol–water partition coefficient (Wildman–Crippen LogP) is 7.04. The molecule has 0 aromatic heterocycles. The van der Waals surface area contributed by atoms with Crippen LogP contribution in [0.3, 0.4) is 0 Å². The third-order valence-electron chi connectivity index (χ3n) is 7.33. The fraction of sp³-hybridized carbons (Fsp3) is 0.559. The van der Waals surface area contributed by atoms with Crippen LogP contribution in [0.25, 0.3) is 0 Å². The van der Waals surface area contributed by atoms with E-state index >= 15 is 0 Å². The molecule has 2 aromatic carbocycles. The molecule has 0 saturated carbocycles. The molecule has 1 amide bonds. The Hall–Kier alpha value is -3.75. The van der Waals surface area contributed by atoms with Gasteiger partial charge in [0, 0.05) is 29.8 Å². The van der Waals surface area contributed by atoms with Gasteiger partial charge in [0.1, 0.15) is 17.2 Å². The third kappa shape index (κ3) is 11.5. The molecular weight excluding hydrogens is 550 g/mol. The number of aryl methyl sites for hydroxylation is 1. The highest BCUT2D eigenvalue weighted by Crippen LogP contribution is 2.43. The molecule has 2 aromatic rings. The van der Waals surface area contributed by atoms with E-state index in [9.17, 15) is 14.4 Å². The van der Waals surface area contributed by atoms with Crippen LogP contribution in [0.4, 0.5) is 5.69 Å². The Kier molecular flexibility index (Phi) is 14.3. The highest BCUT2D eigenvalue weighted by atomic mass is 16.5.